The monoisotopic (exact) mass is 177 g/mol. The average Bonchev–Trinajstić information content (AvgIpc) is 2.05. The Morgan fingerprint density at radius 2 is 2.25 bits per heavy atom. The van der Waals surface area contributed by atoms with E-state index >= 15 is 0 Å². The van der Waals surface area contributed by atoms with Gasteiger partial charge in [0.15, 0.2) is 0 Å². The molecule has 1 N–H and O–H groups in total. The van der Waals surface area contributed by atoms with E-state index in [1.54, 1.807) is 6.92 Å². The van der Waals surface area contributed by atoms with Gasteiger partial charge in [-0.15, -0.1) is 0 Å². The largest absolute Gasteiger partial charge is 0.464 e. The second-order valence-electron chi connectivity index (χ2n) is 1.96. The first-order chi connectivity index (χ1) is 5.81. The van der Waals surface area contributed by atoms with Crippen molar-refractivity contribution in [1.29, 1.82) is 0 Å². The molecule has 0 rings (SSSR count). The molecule has 0 heterocycles. The van der Waals surface area contributed by atoms with Crippen LogP contribution in [0.5, 0.6) is 0 Å². The van der Waals surface area contributed by atoms with Gasteiger partial charge in [0.2, 0.25) is 0 Å². The first kappa shape index (κ1) is 11.4. The van der Waals surface area contributed by atoms with Crippen molar-refractivity contribution in [2.45, 2.75) is 6.92 Å². The molecule has 0 atom stereocenters. The van der Waals surface area contributed by atoms with Crippen molar-refractivity contribution in [3.05, 3.63) is 0 Å². The molecule has 0 spiro atoms. The molecule has 0 saturated carbocycles. The number of esters is 1. The molecule has 0 amide bonds. The minimum atomic E-state index is -0.338. The maximum atomic E-state index is 10.7. The maximum absolute atomic E-state index is 10.7. The summed E-state index contributed by atoms with van der Waals surface area (Å²) in [6.45, 7) is 3.12. The summed E-state index contributed by atoms with van der Waals surface area (Å²) in [5.41, 5.74) is 2.58. The summed E-state index contributed by atoms with van der Waals surface area (Å²) in [5, 5.41) is 0. The minimum absolute atomic E-state index is 0.000760. The van der Waals surface area contributed by atoms with E-state index in [2.05, 4.69) is 15.1 Å². The van der Waals surface area contributed by atoms with Crippen LogP contribution < -0.4 is 5.48 Å². The number of hydroxylamine groups is 1. The highest BCUT2D eigenvalue weighted by molar-refractivity contribution is 5.70. The van der Waals surface area contributed by atoms with E-state index in [9.17, 15) is 4.79 Å². The van der Waals surface area contributed by atoms with Gasteiger partial charge in [-0.05, 0) is 6.92 Å². The van der Waals surface area contributed by atoms with E-state index in [1.807, 2.05) is 0 Å². The first-order valence-electron chi connectivity index (χ1n) is 3.80. The zero-order chi connectivity index (χ0) is 9.23. The Hall–Kier alpha value is -0.650. The molecule has 5 heteroatoms. The number of hydrogen-bond acceptors (Lipinski definition) is 5. The fraction of sp³-hybridized carbons (Fsp3) is 0.857. The van der Waals surface area contributed by atoms with Gasteiger partial charge in [0, 0.05) is 6.54 Å². The molecule has 0 aromatic heterocycles. The van der Waals surface area contributed by atoms with Crippen molar-refractivity contribution in [3.8, 4) is 0 Å². The van der Waals surface area contributed by atoms with Crippen LogP contribution in [0, 0.1) is 0 Å². The number of rotatable bonds is 7. The number of hydrogen-bond donors (Lipinski definition) is 1. The van der Waals surface area contributed by atoms with Crippen molar-refractivity contribution in [2.24, 2.45) is 0 Å². The van der Waals surface area contributed by atoms with Crippen molar-refractivity contribution >= 4 is 5.97 Å². The summed E-state index contributed by atoms with van der Waals surface area (Å²) >= 11 is 0. The van der Waals surface area contributed by atoms with Gasteiger partial charge in [0.1, 0.15) is 6.61 Å². The van der Waals surface area contributed by atoms with Gasteiger partial charge < -0.3 is 14.3 Å². The second-order valence-corrected chi connectivity index (χ2v) is 1.96. The Balaban J connectivity index is 3.03. The van der Waals surface area contributed by atoms with E-state index in [-0.39, 0.29) is 12.6 Å². The molecule has 0 bridgehead atoms. The average molecular weight is 177 g/mol. The fourth-order valence-corrected chi connectivity index (χ4v) is 0.574. The summed E-state index contributed by atoms with van der Waals surface area (Å²) in [6.07, 6.45) is 0. The molecule has 0 fully saturated rings. The van der Waals surface area contributed by atoms with Crippen LogP contribution in [-0.4, -0.2) is 39.4 Å². The van der Waals surface area contributed by atoms with Crippen molar-refractivity contribution in [3.63, 3.8) is 0 Å². The van der Waals surface area contributed by atoms with Crippen LogP contribution >= 0.6 is 0 Å². The van der Waals surface area contributed by atoms with Crippen molar-refractivity contribution in [2.75, 3.05) is 33.5 Å². The summed E-state index contributed by atoms with van der Waals surface area (Å²) in [6, 6.07) is 0. The predicted molar refractivity (Wildman–Crippen MR) is 42.5 cm³/mol. The molecule has 0 aromatic carbocycles. The van der Waals surface area contributed by atoms with E-state index in [4.69, 9.17) is 4.74 Å². The van der Waals surface area contributed by atoms with Crippen LogP contribution in [0.1, 0.15) is 6.92 Å². The molecule has 0 aliphatic rings. The van der Waals surface area contributed by atoms with Crippen LogP contribution in [-0.2, 0) is 19.1 Å². The number of nitrogens with one attached hydrogen (secondary N) is 1. The lowest BCUT2D eigenvalue weighted by molar-refractivity contribution is -0.148. The van der Waals surface area contributed by atoms with Crippen molar-refractivity contribution in [1.82, 2.24) is 5.48 Å². The normalized spacial score (nSPS) is 9.83. The Morgan fingerprint density at radius 3 is 2.83 bits per heavy atom. The van der Waals surface area contributed by atoms with Gasteiger partial charge in [-0.1, -0.05) is 0 Å². The molecule has 0 aromatic rings. The minimum Gasteiger partial charge on any atom is -0.464 e. The molecule has 72 valence electrons. The molecular formula is C7H15NO4. The fourth-order valence-electron chi connectivity index (χ4n) is 0.574. The third kappa shape index (κ3) is 7.46. The van der Waals surface area contributed by atoms with E-state index in [0.29, 0.717) is 19.8 Å². The molecular weight excluding hydrogens is 162 g/mol. The van der Waals surface area contributed by atoms with E-state index in [1.165, 1.54) is 7.11 Å². The van der Waals surface area contributed by atoms with Crippen LogP contribution in [0.4, 0.5) is 0 Å². The maximum Gasteiger partial charge on any atom is 0.332 e. The Morgan fingerprint density at radius 1 is 1.50 bits per heavy atom. The Bertz CT molecular complexity index is 118. The van der Waals surface area contributed by atoms with Gasteiger partial charge in [-0.2, -0.15) is 0 Å². The van der Waals surface area contributed by atoms with Gasteiger partial charge in [0.05, 0.1) is 20.3 Å². The SMILES string of the molecule is CCOC(=O)COCCNOC. The third-order valence-corrected chi connectivity index (χ3v) is 1.02. The zero-order valence-electron chi connectivity index (χ0n) is 7.46. The van der Waals surface area contributed by atoms with Crippen LogP contribution in [0.2, 0.25) is 0 Å². The van der Waals surface area contributed by atoms with E-state index in [0.717, 1.165) is 0 Å². The highest BCUT2D eigenvalue weighted by atomic mass is 16.6. The highest BCUT2D eigenvalue weighted by Crippen LogP contribution is 1.80. The lowest BCUT2D eigenvalue weighted by Gasteiger charge is -2.03. The Kier molecular flexibility index (Phi) is 7.99. The molecule has 0 radical (unpaired) electrons. The number of carbonyl (C=O) groups excluding carboxylic acids is 1. The number of ether oxygens (including phenoxy) is 2. The zero-order valence-corrected chi connectivity index (χ0v) is 7.46. The first-order valence-corrected chi connectivity index (χ1v) is 3.80. The van der Waals surface area contributed by atoms with Gasteiger partial charge >= 0.3 is 5.97 Å². The lowest BCUT2D eigenvalue weighted by Crippen LogP contribution is -2.21. The van der Waals surface area contributed by atoms with E-state index < -0.39 is 0 Å². The summed E-state index contributed by atoms with van der Waals surface area (Å²) < 4.78 is 9.57. The van der Waals surface area contributed by atoms with Gasteiger partial charge in [0.25, 0.3) is 0 Å². The topological polar surface area (TPSA) is 56.8 Å². The van der Waals surface area contributed by atoms with Crippen molar-refractivity contribution < 1.29 is 19.1 Å². The molecule has 0 aliphatic heterocycles. The van der Waals surface area contributed by atoms with Crippen LogP contribution in [0.3, 0.4) is 0 Å². The summed E-state index contributed by atoms with van der Waals surface area (Å²) in [5.74, 6) is -0.338. The highest BCUT2D eigenvalue weighted by Gasteiger charge is 1.99. The number of carbonyl (C=O) groups is 1. The smallest absolute Gasteiger partial charge is 0.332 e. The molecule has 0 aliphatic carbocycles. The standard InChI is InChI=1S/C7H15NO4/c1-3-12-7(9)6-11-5-4-8-10-2/h8H,3-6H2,1-2H3. The molecule has 5 nitrogen and oxygen atoms in total. The van der Waals surface area contributed by atoms with Gasteiger partial charge in [-0.3, -0.25) is 0 Å². The van der Waals surface area contributed by atoms with Crippen LogP contribution in [0.15, 0.2) is 0 Å². The molecule has 0 saturated heterocycles. The molecule has 12 heavy (non-hydrogen) atoms. The van der Waals surface area contributed by atoms with Crippen LogP contribution in [0.25, 0.3) is 0 Å². The summed E-state index contributed by atoms with van der Waals surface area (Å²) in [4.78, 5) is 15.2. The lowest BCUT2D eigenvalue weighted by atomic mass is 10.7. The summed E-state index contributed by atoms with van der Waals surface area (Å²) in [7, 11) is 1.52. The van der Waals surface area contributed by atoms with Gasteiger partial charge in [-0.25, -0.2) is 10.3 Å². The molecule has 0 unspecified atom stereocenters. The quantitative estimate of drug-likeness (QED) is 0.329. The third-order valence-electron chi connectivity index (χ3n) is 1.02. The predicted octanol–water partition coefficient (Wildman–Crippen LogP) is -0.283. The Labute approximate surface area is 71.9 Å². The second kappa shape index (κ2) is 8.45.